The highest BCUT2D eigenvalue weighted by Crippen LogP contribution is 2.11. The summed E-state index contributed by atoms with van der Waals surface area (Å²) < 4.78 is 9.98. The van der Waals surface area contributed by atoms with Gasteiger partial charge in [-0.1, -0.05) is 0 Å². The molecular weight excluding hydrogens is 220 g/mol. The van der Waals surface area contributed by atoms with E-state index in [0.717, 1.165) is 24.9 Å². The fourth-order valence-corrected chi connectivity index (χ4v) is 1.31. The van der Waals surface area contributed by atoms with Crippen LogP contribution in [0.15, 0.2) is 24.3 Å². The summed E-state index contributed by atoms with van der Waals surface area (Å²) in [6.45, 7) is 0.553. The molecule has 1 aromatic rings. The van der Waals surface area contributed by atoms with Crippen molar-refractivity contribution in [3.63, 3.8) is 0 Å². The molecule has 0 saturated heterocycles. The van der Waals surface area contributed by atoms with Crippen molar-refractivity contribution >= 4 is 12.3 Å². The van der Waals surface area contributed by atoms with Gasteiger partial charge in [-0.05, 0) is 37.1 Å². The second-order valence-electron chi connectivity index (χ2n) is 3.57. The van der Waals surface area contributed by atoms with Gasteiger partial charge >= 0.3 is 5.97 Å². The molecule has 92 valence electrons. The fourth-order valence-electron chi connectivity index (χ4n) is 1.31. The number of carbonyl (C=O) groups excluding carboxylic acids is 2. The van der Waals surface area contributed by atoms with E-state index >= 15 is 0 Å². The van der Waals surface area contributed by atoms with Crippen LogP contribution in [0, 0.1) is 0 Å². The summed E-state index contributed by atoms with van der Waals surface area (Å²) in [5.74, 6) is 0.536. The smallest absolute Gasteiger partial charge is 0.305 e. The van der Waals surface area contributed by atoms with Crippen molar-refractivity contribution in [1.29, 1.82) is 0 Å². The van der Waals surface area contributed by atoms with Crippen molar-refractivity contribution in [2.75, 3.05) is 13.7 Å². The Hall–Kier alpha value is -1.84. The molecule has 0 aromatic heterocycles. The number of unbranched alkanes of at least 4 members (excludes halogenated alkanes) is 1. The van der Waals surface area contributed by atoms with Gasteiger partial charge in [-0.3, -0.25) is 9.59 Å². The van der Waals surface area contributed by atoms with Crippen molar-refractivity contribution in [2.45, 2.75) is 19.3 Å². The lowest BCUT2D eigenvalue weighted by Crippen LogP contribution is -2.02. The molecule has 0 atom stereocenters. The Balaban J connectivity index is 2.17. The molecule has 0 fully saturated rings. The van der Waals surface area contributed by atoms with Crippen LogP contribution < -0.4 is 4.74 Å². The van der Waals surface area contributed by atoms with Gasteiger partial charge in [-0.15, -0.1) is 0 Å². The van der Waals surface area contributed by atoms with Crippen LogP contribution in [0.5, 0.6) is 5.75 Å². The average Bonchev–Trinajstić information content (AvgIpc) is 2.38. The second kappa shape index (κ2) is 7.44. The van der Waals surface area contributed by atoms with Gasteiger partial charge in [0.2, 0.25) is 0 Å². The molecule has 0 bridgehead atoms. The maximum absolute atomic E-state index is 10.8. The molecule has 0 aliphatic rings. The quantitative estimate of drug-likeness (QED) is 0.414. The fraction of sp³-hybridized carbons (Fsp3) is 0.385. The molecule has 1 rings (SSSR count). The summed E-state index contributed by atoms with van der Waals surface area (Å²) in [5.41, 5.74) is 0.628. The largest absolute Gasteiger partial charge is 0.494 e. The maximum Gasteiger partial charge on any atom is 0.305 e. The van der Waals surface area contributed by atoms with E-state index in [1.54, 1.807) is 24.3 Å². The summed E-state index contributed by atoms with van der Waals surface area (Å²) in [6.07, 6.45) is 2.76. The summed E-state index contributed by atoms with van der Waals surface area (Å²) in [5, 5.41) is 0. The molecule has 0 aliphatic carbocycles. The van der Waals surface area contributed by atoms with Crippen LogP contribution in [-0.4, -0.2) is 26.0 Å². The first-order valence-electron chi connectivity index (χ1n) is 5.51. The highest BCUT2D eigenvalue weighted by atomic mass is 16.5. The molecule has 4 nitrogen and oxygen atoms in total. The standard InChI is InChI=1S/C13H16O4/c1-16-13(15)4-2-3-9-17-12-7-5-11(10-14)6-8-12/h5-8,10H,2-4,9H2,1H3. The minimum atomic E-state index is -0.194. The van der Waals surface area contributed by atoms with Crippen LogP contribution in [0.2, 0.25) is 0 Å². The molecule has 0 aliphatic heterocycles. The molecule has 0 spiro atoms. The molecule has 0 radical (unpaired) electrons. The summed E-state index contributed by atoms with van der Waals surface area (Å²) in [7, 11) is 1.38. The molecule has 0 heterocycles. The van der Waals surface area contributed by atoms with Gasteiger partial charge in [0, 0.05) is 12.0 Å². The first-order valence-corrected chi connectivity index (χ1v) is 5.51. The van der Waals surface area contributed by atoms with E-state index in [-0.39, 0.29) is 5.97 Å². The lowest BCUT2D eigenvalue weighted by molar-refractivity contribution is -0.140. The summed E-state index contributed by atoms with van der Waals surface area (Å²) >= 11 is 0. The average molecular weight is 236 g/mol. The Bertz CT molecular complexity index is 356. The van der Waals surface area contributed by atoms with Crippen LogP contribution in [-0.2, 0) is 9.53 Å². The molecule has 0 unspecified atom stereocenters. The van der Waals surface area contributed by atoms with E-state index in [1.165, 1.54) is 7.11 Å². The van der Waals surface area contributed by atoms with Gasteiger partial charge in [0.05, 0.1) is 13.7 Å². The third-order valence-corrected chi connectivity index (χ3v) is 2.29. The minimum Gasteiger partial charge on any atom is -0.494 e. The maximum atomic E-state index is 10.8. The molecular formula is C13H16O4. The zero-order valence-corrected chi connectivity index (χ0v) is 9.85. The van der Waals surface area contributed by atoms with Gasteiger partial charge < -0.3 is 9.47 Å². The first kappa shape index (κ1) is 13.2. The van der Waals surface area contributed by atoms with E-state index in [2.05, 4.69) is 4.74 Å². The molecule has 0 amide bonds. The number of ether oxygens (including phenoxy) is 2. The molecule has 17 heavy (non-hydrogen) atoms. The van der Waals surface area contributed by atoms with E-state index in [0.29, 0.717) is 18.6 Å². The van der Waals surface area contributed by atoms with Crippen molar-refractivity contribution in [1.82, 2.24) is 0 Å². The number of hydrogen-bond donors (Lipinski definition) is 0. The number of aldehydes is 1. The topological polar surface area (TPSA) is 52.6 Å². The van der Waals surface area contributed by atoms with E-state index in [1.807, 2.05) is 0 Å². The summed E-state index contributed by atoms with van der Waals surface area (Å²) in [4.78, 5) is 21.2. The number of benzene rings is 1. The van der Waals surface area contributed by atoms with Crippen LogP contribution in [0.1, 0.15) is 29.6 Å². The Morgan fingerprint density at radius 3 is 2.53 bits per heavy atom. The number of carbonyl (C=O) groups is 2. The Labute approximate surface area is 101 Å². The zero-order chi connectivity index (χ0) is 12.5. The predicted octanol–water partition coefficient (Wildman–Crippen LogP) is 2.22. The zero-order valence-electron chi connectivity index (χ0n) is 9.85. The number of esters is 1. The SMILES string of the molecule is COC(=O)CCCCOc1ccc(C=O)cc1. The number of hydrogen-bond acceptors (Lipinski definition) is 4. The molecule has 0 N–H and O–H groups in total. The summed E-state index contributed by atoms with van der Waals surface area (Å²) in [6, 6.07) is 6.92. The first-order chi connectivity index (χ1) is 8.26. The van der Waals surface area contributed by atoms with Gasteiger partial charge in [-0.25, -0.2) is 0 Å². The van der Waals surface area contributed by atoms with Gasteiger partial charge in [0.1, 0.15) is 12.0 Å². The highest BCUT2D eigenvalue weighted by Gasteiger charge is 1.99. The van der Waals surface area contributed by atoms with Crippen molar-refractivity contribution < 1.29 is 19.1 Å². The third-order valence-electron chi connectivity index (χ3n) is 2.29. The lowest BCUT2D eigenvalue weighted by Gasteiger charge is -2.05. The highest BCUT2D eigenvalue weighted by molar-refractivity contribution is 5.74. The third kappa shape index (κ3) is 5.15. The van der Waals surface area contributed by atoms with Gasteiger partial charge in [0.25, 0.3) is 0 Å². The number of rotatable bonds is 7. The van der Waals surface area contributed by atoms with Crippen LogP contribution in [0.4, 0.5) is 0 Å². The van der Waals surface area contributed by atoms with Gasteiger partial charge in [-0.2, -0.15) is 0 Å². The normalized spacial score (nSPS) is 9.71. The van der Waals surface area contributed by atoms with Crippen molar-refractivity contribution in [3.8, 4) is 5.75 Å². The second-order valence-corrected chi connectivity index (χ2v) is 3.57. The van der Waals surface area contributed by atoms with Crippen molar-refractivity contribution in [3.05, 3.63) is 29.8 Å². The van der Waals surface area contributed by atoms with E-state index in [4.69, 9.17) is 4.74 Å². The van der Waals surface area contributed by atoms with Gasteiger partial charge in [0.15, 0.2) is 0 Å². The van der Waals surface area contributed by atoms with Crippen LogP contribution in [0.25, 0.3) is 0 Å². The minimum absolute atomic E-state index is 0.194. The number of methoxy groups -OCH3 is 1. The lowest BCUT2D eigenvalue weighted by atomic mass is 10.2. The Morgan fingerprint density at radius 2 is 1.94 bits per heavy atom. The van der Waals surface area contributed by atoms with Crippen LogP contribution in [0.3, 0.4) is 0 Å². The molecule has 1 aromatic carbocycles. The molecule has 0 saturated carbocycles. The van der Waals surface area contributed by atoms with Crippen molar-refractivity contribution in [2.24, 2.45) is 0 Å². The van der Waals surface area contributed by atoms with E-state index < -0.39 is 0 Å². The predicted molar refractivity (Wildman–Crippen MR) is 63.2 cm³/mol. The van der Waals surface area contributed by atoms with E-state index in [9.17, 15) is 9.59 Å². The monoisotopic (exact) mass is 236 g/mol. The Morgan fingerprint density at radius 1 is 1.24 bits per heavy atom. The van der Waals surface area contributed by atoms with Crippen LogP contribution >= 0.6 is 0 Å². The Kier molecular flexibility index (Phi) is 5.79. The molecule has 4 heteroatoms.